The van der Waals surface area contributed by atoms with Crippen LogP contribution in [0.4, 0.5) is 0 Å². The summed E-state index contributed by atoms with van der Waals surface area (Å²) in [6.07, 6.45) is 74.8. The monoisotopic (exact) mass is 1580 g/mol. The van der Waals surface area contributed by atoms with E-state index in [0.29, 0.717) is 45.4 Å². The van der Waals surface area contributed by atoms with Gasteiger partial charge < -0.3 is 39.4 Å². The number of hydrogen-bond acceptors (Lipinski definition) is 12. The Balaban J connectivity index is 5.67. The highest BCUT2D eigenvalue weighted by Crippen LogP contribution is 2.29. The molecule has 0 bridgehead atoms. The van der Waals surface area contributed by atoms with Gasteiger partial charge in [0, 0.05) is 58.3 Å². The molecule has 112 heavy (non-hydrogen) atoms. The average molecular weight is 1580 g/mol. The van der Waals surface area contributed by atoms with E-state index < -0.39 is 5.41 Å². The molecular formula is C98H190N4O10. The van der Waals surface area contributed by atoms with Gasteiger partial charge in [-0.1, -0.05) is 325 Å². The minimum Gasteiger partial charge on any atom is -0.462 e. The summed E-state index contributed by atoms with van der Waals surface area (Å²) in [4.78, 5) is 84.6. The molecule has 0 fully saturated rings. The molecule has 0 radical (unpaired) electrons. The predicted octanol–water partition coefficient (Wildman–Crippen LogP) is 27.6. The van der Waals surface area contributed by atoms with E-state index in [1.165, 1.54) is 218 Å². The third kappa shape index (κ3) is 73.1. The van der Waals surface area contributed by atoms with Crippen LogP contribution in [0.2, 0.25) is 0 Å². The Morgan fingerprint density at radius 3 is 0.759 bits per heavy atom. The van der Waals surface area contributed by atoms with Crippen molar-refractivity contribution in [1.82, 2.24) is 20.4 Å². The van der Waals surface area contributed by atoms with Crippen LogP contribution in [-0.2, 0) is 47.7 Å². The van der Waals surface area contributed by atoms with Crippen molar-refractivity contribution >= 4 is 35.7 Å². The largest absolute Gasteiger partial charge is 0.462 e. The van der Waals surface area contributed by atoms with Gasteiger partial charge in [-0.25, -0.2) is 0 Å². The first-order chi connectivity index (χ1) is 54.6. The molecule has 0 aliphatic carbocycles. The molecule has 0 heterocycles. The fraction of sp³-hybridized carbons (Fsp3) is 0.939. The molecule has 0 aliphatic heterocycles. The van der Waals surface area contributed by atoms with Gasteiger partial charge in [0.05, 0.1) is 5.41 Å². The molecule has 0 aromatic heterocycles. The molecule has 14 nitrogen and oxygen atoms in total. The smallest absolute Gasteiger partial charge is 0.311 e. The third-order valence-corrected chi connectivity index (χ3v) is 23.6. The highest BCUT2D eigenvalue weighted by atomic mass is 16.6. The van der Waals surface area contributed by atoms with Crippen molar-refractivity contribution in [2.45, 2.75) is 537 Å². The number of esters is 4. The second-order valence-corrected chi connectivity index (χ2v) is 35.0. The number of hydrogen-bond donors (Lipinski definition) is 2. The summed E-state index contributed by atoms with van der Waals surface area (Å²) in [5, 5.41) is 6.26. The van der Waals surface area contributed by atoms with Crippen LogP contribution >= 0.6 is 0 Å². The van der Waals surface area contributed by atoms with Gasteiger partial charge in [0.1, 0.15) is 24.4 Å². The Bertz CT molecular complexity index is 2060. The number of carbonyl (C=O) groups is 6. The van der Waals surface area contributed by atoms with Crippen LogP contribution < -0.4 is 10.6 Å². The van der Waals surface area contributed by atoms with Gasteiger partial charge in [-0.3, -0.25) is 28.8 Å². The lowest BCUT2D eigenvalue weighted by Gasteiger charge is -2.27. The topological polar surface area (TPSA) is 170 Å². The summed E-state index contributed by atoms with van der Waals surface area (Å²) < 4.78 is 24.4. The first-order valence-electron chi connectivity index (χ1n) is 49.4. The molecule has 0 saturated heterocycles. The summed E-state index contributed by atoms with van der Waals surface area (Å²) in [5.41, 5.74) is -0.525. The Kier molecular flexibility index (Phi) is 80.4. The van der Waals surface area contributed by atoms with Crippen LogP contribution in [-0.4, -0.2) is 122 Å². The SMILES string of the molecule is CCCCCCCCCCC(CC)OC(=O)CCCCCN(CCCCCCC(C)(C)C(=O)OC(CCCCCCCC)CCCCCCCC)CCNC(=O)CCC(=O)NCCN(CCCCCCCC(=O)OC(CCCCCCCC)CCCCCCCC)CCCCCC(=O)O[C@@H](CC)CCCCCCCCCC. The zero-order valence-electron chi connectivity index (χ0n) is 76.2. The van der Waals surface area contributed by atoms with Crippen molar-refractivity contribution in [2.75, 3.05) is 52.4 Å². The average Bonchev–Trinajstić information content (AvgIpc) is 0.871. The van der Waals surface area contributed by atoms with Crippen molar-refractivity contribution in [3.05, 3.63) is 0 Å². The third-order valence-electron chi connectivity index (χ3n) is 23.6. The zero-order chi connectivity index (χ0) is 82.1. The molecule has 0 spiro atoms. The molecular weight excluding hydrogens is 1390 g/mol. The van der Waals surface area contributed by atoms with Gasteiger partial charge in [0.2, 0.25) is 11.8 Å². The molecule has 2 atom stereocenters. The predicted molar refractivity (Wildman–Crippen MR) is 476 cm³/mol. The summed E-state index contributed by atoms with van der Waals surface area (Å²) in [7, 11) is 0. The number of nitrogens with one attached hydrogen (secondary N) is 2. The van der Waals surface area contributed by atoms with Crippen molar-refractivity contribution in [3.8, 4) is 0 Å². The number of amides is 2. The maximum atomic E-state index is 13.8. The molecule has 0 saturated carbocycles. The molecule has 2 N–H and O–H groups in total. The van der Waals surface area contributed by atoms with E-state index in [2.05, 4.69) is 89.7 Å². The van der Waals surface area contributed by atoms with E-state index in [1.807, 2.05) is 0 Å². The van der Waals surface area contributed by atoms with Gasteiger partial charge in [-0.2, -0.15) is 0 Å². The molecule has 0 rings (SSSR count). The maximum Gasteiger partial charge on any atom is 0.311 e. The molecule has 1 unspecified atom stereocenters. The number of ether oxygens (including phenoxy) is 4. The Morgan fingerprint density at radius 1 is 0.250 bits per heavy atom. The fourth-order valence-electron chi connectivity index (χ4n) is 15.7. The first kappa shape index (κ1) is 109. The zero-order valence-corrected chi connectivity index (χ0v) is 76.2. The normalized spacial score (nSPS) is 12.4. The number of unbranched alkanes of at least 4 members (excludes halogenated alkanes) is 45. The number of rotatable bonds is 89. The highest BCUT2D eigenvalue weighted by molar-refractivity contribution is 5.83. The van der Waals surface area contributed by atoms with Crippen LogP contribution in [0.5, 0.6) is 0 Å². The second-order valence-electron chi connectivity index (χ2n) is 35.0. The molecule has 0 aromatic carbocycles. The summed E-state index contributed by atoms with van der Waals surface area (Å²) >= 11 is 0. The maximum absolute atomic E-state index is 13.8. The van der Waals surface area contributed by atoms with Crippen LogP contribution in [0.1, 0.15) is 512 Å². The van der Waals surface area contributed by atoms with Gasteiger partial charge in [0.25, 0.3) is 0 Å². The lowest BCUT2D eigenvalue weighted by molar-refractivity contribution is -0.161. The highest BCUT2D eigenvalue weighted by Gasteiger charge is 2.31. The van der Waals surface area contributed by atoms with E-state index in [1.54, 1.807) is 0 Å². The Hall–Kier alpha value is -3.26. The summed E-state index contributed by atoms with van der Waals surface area (Å²) in [6, 6.07) is 0. The quantitative estimate of drug-likeness (QED) is 0.0336. The number of carbonyl (C=O) groups excluding carboxylic acids is 6. The van der Waals surface area contributed by atoms with Gasteiger partial charge in [-0.15, -0.1) is 0 Å². The summed E-state index contributed by atoms with van der Waals surface area (Å²) in [5.74, 6) is -0.454. The van der Waals surface area contributed by atoms with Crippen molar-refractivity contribution in [3.63, 3.8) is 0 Å². The van der Waals surface area contributed by atoms with E-state index >= 15 is 0 Å². The Labute approximate surface area is 694 Å². The van der Waals surface area contributed by atoms with E-state index in [4.69, 9.17) is 18.9 Å². The fourth-order valence-corrected chi connectivity index (χ4v) is 15.7. The first-order valence-corrected chi connectivity index (χ1v) is 49.4. The minimum atomic E-state index is -0.525. The molecule has 2 amide bonds. The van der Waals surface area contributed by atoms with Gasteiger partial charge >= 0.3 is 23.9 Å². The molecule has 14 heteroatoms. The lowest BCUT2D eigenvalue weighted by Crippen LogP contribution is -2.37. The molecule has 0 aromatic rings. The molecule has 0 aliphatic rings. The lowest BCUT2D eigenvalue weighted by atomic mass is 9.86. The van der Waals surface area contributed by atoms with E-state index in [9.17, 15) is 28.8 Å². The van der Waals surface area contributed by atoms with E-state index in [-0.39, 0.29) is 72.9 Å². The van der Waals surface area contributed by atoms with Crippen molar-refractivity contribution in [1.29, 1.82) is 0 Å². The number of nitrogens with zero attached hydrogens (tertiary/aromatic N) is 2. The van der Waals surface area contributed by atoms with Gasteiger partial charge in [0.15, 0.2) is 0 Å². The van der Waals surface area contributed by atoms with Crippen LogP contribution in [0.3, 0.4) is 0 Å². The van der Waals surface area contributed by atoms with Crippen molar-refractivity contribution < 1.29 is 47.7 Å². The summed E-state index contributed by atoms with van der Waals surface area (Å²) in [6.45, 7) is 28.0. The Morgan fingerprint density at radius 2 is 0.473 bits per heavy atom. The van der Waals surface area contributed by atoms with Crippen molar-refractivity contribution in [2.24, 2.45) is 5.41 Å². The van der Waals surface area contributed by atoms with Gasteiger partial charge in [-0.05, 0) is 181 Å². The molecule has 662 valence electrons. The standard InChI is InChI=1S/C98H190N4O10/c1-11-19-25-31-37-39-46-54-68-88(17-7)109-94(105)75-61-52-66-84-101(82-64-50-41-48-60-74-96(107)111-90(70-56-42-33-27-21-13-3)71-57-43-34-28-22-14-4)86-80-99-92(103)77-78-93(104)100-81-87-102(85-67-53-62-76-95(106)110-89(18-8)69-55-47-40-38-32-26-20-12-2)83-65-51-49-63-79-98(9,10)97(108)112-91(72-58-44-35-29-23-15-5)73-59-45-36-30-24-16-6/h88-91H,11-87H2,1-10H3,(H,99,103)(H,100,104)/t88-,89?/m0/s1. The minimum absolute atomic E-state index is 0.00728. The van der Waals surface area contributed by atoms with Crippen LogP contribution in [0.25, 0.3) is 0 Å². The van der Waals surface area contributed by atoms with Crippen LogP contribution in [0.15, 0.2) is 0 Å². The second kappa shape index (κ2) is 82.8. The van der Waals surface area contributed by atoms with Crippen LogP contribution in [0, 0.1) is 5.41 Å². The van der Waals surface area contributed by atoms with E-state index in [0.717, 1.165) is 219 Å².